The van der Waals surface area contributed by atoms with Crippen molar-refractivity contribution in [2.75, 3.05) is 0 Å². The Balaban J connectivity index is 2.15. The lowest BCUT2D eigenvalue weighted by Gasteiger charge is -2.23. The van der Waals surface area contributed by atoms with Crippen molar-refractivity contribution in [3.63, 3.8) is 0 Å². The van der Waals surface area contributed by atoms with Crippen molar-refractivity contribution in [3.8, 4) is 11.8 Å². The van der Waals surface area contributed by atoms with Gasteiger partial charge in [-0.25, -0.2) is 4.98 Å². The molecular formula is C17H23N3O. The van der Waals surface area contributed by atoms with E-state index in [2.05, 4.69) is 42.9 Å². The van der Waals surface area contributed by atoms with E-state index in [-0.39, 0.29) is 5.41 Å². The first-order valence-electron chi connectivity index (χ1n) is 7.27. The molecule has 0 unspecified atom stereocenters. The monoisotopic (exact) mass is 285 g/mol. The predicted octanol–water partition coefficient (Wildman–Crippen LogP) is 3.72. The molecule has 0 amide bonds. The van der Waals surface area contributed by atoms with Gasteiger partial charge in [0.05, 0.1) is 0 Å². The Morgan fingerprint density at radius 3 is 2.38 bits per heavy atom. The molecular weight excluding hydrogens is 262 g/mol. The first kappa shape index (κ1) is 15.4. The van der Waals surface area contributed by atoms with Gasteiger partial charge in [-0.3, -0.25) is 0 Å². The van der Waals surface area contributed by atoms with E-state index in [0.29, 0.717) is 12.6 Å². The van der Waals surface area contributed by atoms with Gasteiger partial charge in [-0.15, -0.1) is 0 Å². The van der Waals surface area contributed by atoms with Crippen molar-refractivity contribution in [2.45, 2.75) is 46.1 Å². The van der Waals surface area contributed by atoms with Crippen molar-refractivity contribution >= 4 is 0 Å². The molecule has 0 radical (unpaired) electrons. The van der Waals surface area contributed by atoms with Crippen LogP contribution >= 0.6 is 0 Å². The molecule has 0 fully saturated rings. The number of rotatable bonds is 5. The van der Waals surface area contributed by atoms with Crippen LogP contribution in [-0.2, 0) is 12.0 Å². The molecule has 4 heteroatoms. The first-order valence-corrected chi connectivity index (χ1v) is 7.27. The number of aryl methyl sites for hydroxylation is 1. The highest BCUT2D eigenvalue weighted by Crippen LogP contribution is 2.29. The summed E-state index contributed by atoms with van der Waals surface area (Å²) >= 11 is 0. The summed E-state index contributed by atoms with van der Waals surface area (Å²) in [7, 11) is 0. The second-order valence-corrected chi connectivity index (χ2v) is 5.83. The molecule has 112 valence electrons. The van der Waals surface area contributed by atoms with Crippen molar-refractivity contribution in [2.24, 2.45) is 5.73 Å². The van der Waals surface area contributed by atoms with Gasteiger partial charge in [-0.2, -0.15) is 4.98 Å². The van der Waals surface area contributed by atoms with E-state index in [4.69, 9.17) is 10.5 Å². The van der Waals surface area contributed by atoms with E-state index in [1.54, 1.807) is 6.20 Å². The van der Waals surface area contributed by atoms with Gasteiger partial charge in [-0.05, 0) is 36.5 Å². The van der Waals surface area contributed by atoms with E-state index >= 15 is 0 Å². The largest absolute Gasteiger partial charge is 0.424 e. The Hall–Kier alpha value is -1.94. The minimum atomic E-state index is 0.175. The summed E-state index contributed by atoms with van der Waals surface area (Å²) in [5, 5.41) is 0. The van der Waals surface area contributed by atoms with Crippen LogP contribution in [-0.4, -0.2) is 9.97 Å². The van der Waals surface area contributed by atoms with E-state index < -0.39 is 0 Å². The minimum Gasteiger partial charge on any atom is -0.424 e. The predicted molar refractivity (Wildman–Crippen MR) is 84.5 cm³/mol. The fraction of sp³-hybridized carbons (Fsp3) is 0.412. The molecule has 0 saturated carbocycles. The lowest BCUT2D eigenvalue weighted by Crippen LogP contribution is -2.14. The third-order valence-corrected chi connectivity index (χ3v) is 4.01. The second kappa shape index (κ2) is 6.22. The van der Waals surface area contributed by atoms with Gasteiger partial charge in [0.15, 0.2) is 0 Å². The fourth-order valence-corrected chi connectivity index (χ4v) is 2.00. The summed E-state index contributed by atoms with van der Waals surface area (Å²) in [6, 6.07) is 8.47. The van der Waals surface area contributed by atoms with Crippen molar-refractivity contribution in [1.82, 2.24) is 9.97 Å². The molecule has 2 aromatic rings. The molecule has 2 rings (SSSR count). The normalized spacial score (nSPS) is 11.5. The summed E-state index contributed by atoms with van der Waals surface area (Å²) in [6.07, 6.45) is 2.81. The Morgan fingerprint density at radius 1 is 1.19 bits per heavy atom. The molecule has 0 bridgehead atoms. The SMILES string of the molecule is CCC(C)(C)c1ccc(Oc2ncc(CN)c(C)n2)cc1. The van der Waals surface area contributed by atoms with Crippen LogP contribution in [0, 0.1) is 6.92 Å². The second-order valence-electron chi connectivity index (χ2n) is 5.83. The lowest BCUT2D eigenvalue weighted by molar-refractivity contribution is 0.438. The van der Waals surface area contributed by atoms with Gasteiger partial charge in [0.25, 0.3) is 0 Å². The topological polar surface area (TPSA) is 61.0 Å². The Bertz CT molecular complexity index is 606. The highest BCUT2D eigenvalue weighted by molar-refractivity contribution is 5.33. The van der Waals surface area contributed by atoms with Gasteiger partial charge in [0, 0.05) is 24.0 Å². The summed E-state index contributed by atoms with van der Waals surface area (Å²) in [5.74, 6) is 0.741. The highest BCUT2D eigenvalue weighted by atomic mass is 16.5. The van der Waals surface area contributed by atoms with Crippen LogP contribution < -0.4 is 10.5 Å². The number of hydrogen-bond acceptors (Lipinski definition) is 4. The van der Waals surface area contributed by atoms with Crippen LogP contribution in [0.4, 0.5) is 0 Å². The fourth-order valence-electron chi connectivity index (χ4n) is 2.00. The third kappa shape index (κ3) is 3.58. The first-order chi connectivity index (χ1) is 9.96. The van der Waals surface area contributed by atoms with Gasteiger partial charge in [-0.1, -0.05) is 32.9 Å². The van der Waals surface area contributed by atoms with Gasteiger partial charge < -0.3 is 10.5 Å². The van der Waals surface area contributed by atoms with Crippen molar-refractivity contribution in [1.29, 1.82) is 0 Å². The summed E-state index contributed by atoms with van der Waals surface area (Å²) < 4.78 is 5.70. The third-order valence-electron chi connectivity index (χ3n) is 4.01. The average molecular weight is 285 g/mol. The number of aromatic nitrogens is 2. The molecule has 0 aliphatic rings. The smallest absolute Gasteiger partial charge is 0.322 e. The molecule has 0 atom stereocenters. The van der Waals surface area contributed by atoms with Crippen LogP contribution in [0.1, 0.15) is 44.0 Å². The molecule has 1 heterocycles. The summed E-state index contributed by atoms with van der Waals surface area (Å²) in [5.41, 5.74) is 8.86. The molecule has 0 spiro atoms. The van der Waals surface area contributed by atoms with Crippen LogP contribution in [0.2, 0.25) is 0 Å². The average Bonchev–Trinajstić information content (AvgIpc) is 2.48. The Labute approximate surface area is 126 Å². The van der Waals surface area contributed by atoms with E-state index in [1.807, 2.05) is 19.1 Å². The number of nitrogens with two attached hydrogens (primary N) is 1. The van der Waals surface area contributed by atoms with Crippen LogP contribution in [0.25, 0.3) is 0 Å². The molecule has 21 heavy (non-hydrogen) atoms. The lowest BCUT2D eigenvalue weighted by atomic mass is 9.82. The summed E-state index contributed by atoms with van der Waals surface area (Å²) in [4.78, 5) is 8.49. The number of benzene rings is 1. The van der Waals surface area contributed by atoms with Gasteiger partial charge in [0.2, 0.25) is 0 Å². The molecule has 2 N–H and O–H groups in total. The molecule has 0 saturated heterocycles. The summed E-state index contributed by atoms with van der Waals surface area (Å²) in [6.45, 7) is 9.01. The number of ether oxygens (including phenoxy) is 1. The van der Waals surface area contributed by atoms with E-state index in [1.165, 1.54) is 5.56 Å². The maximum Gasteiger partial charge on any atom is 0.322 e. The van der Waals surface area contributed by atoms with Crippen molar-refractivity contribution < 1.29 is 4.74 Å². The maximum absolute atomic E-state index is 5.70. The minimum absolute atomic E-state index is 0.175. The number of nitrogens with zero attached hydrogens (tertiary/aromatic N) is 2. The molecule has 1 aromatic carbocycles. The van der Waals surface area contributed by atoms with Crippen LogP contribution in [0.15, 0.2) is 30.5 Å². The van der Waals surface area contributed by atoms with Crippen LogP contribution in [0.5, 0.6) is 11.8 Å². The van der Waals surface area contributed by atoms with E-state index in [9.17, 15) is 0 Å². The van der Waals surface area contributed by atoms with E-state index in [0.717, 1.165) is 23.4 Å². The maximum atomic E-state index is 5.70. The Morgan fingerprint density at radius 2 is 1.86 bits per heavy atom. The van der Waals surface area contributed by atoms with Gasteiger partial charge >= 0.3 is 6.01 Å². The van der Waals surface area contributed by atoms with Gasteiger partial charge in [0.1, 0.15) is 5.75 Å². The zero-order chi connectivity index (χ0) is 15.5. The molecule has 0 aliphatic heterocycles. The molecule has 4 nitrogen and oxygen atoms in total. The quantitative estimate of drug-likeness (QED) is 0.909. The standard InChI is InChI=1S/C17H23N3O/c1-5-17(3,4)14-6-8-15(9-7-14)21-16-19-11-13(10-18)12(2)20-16/h6-9,11H,5,10,18H2,1-4H3. The van der Waals surface area contributed by atoms with Crippen molar-refractivity contribution in [3.05, 3.63) is 47.3 Å². The zero-order valence-electron chi connectivity index (χ0n) is 13.2. The van der Waals surface area contributed by atoms with Crippen LogP contribution in [0.3, 0.4) is 0 Å². The molecule has 1 aromatic heterocycles. The Kier molecular flexibility index (Phi) is 4.58. The highest BCUT2D eigenvalue weighted by Gasteiger charge is 2.17. The zero-order valence-corrected chi connectivity index (χ0v) is 13.2. The molecule has 0 aliphatic carbocycles. The number of hydrogen-bond donors (Lipinski definition) is 1.